The zero-order chi connectivity index (χ0) is 17.5. The van der Waals surface area contributed by atoms with Crippen LogP contribution in [0.4, 0.5) is 0 Å². The molecule has 26 heavy (non-hydrogen) atoms. The minimum Gasteiger partial charge on any atom is -0.423 e. The third kappa shape index (κ3) is 2.77. The lowest BCUT2D eigenvalue weighted by molar-refractivity contribution is -0.712. The second kappa shape index (κ2) is 6.40. The largest absolute Gasteiger partial charge is 0.423 e. The van der Waals surface area contributed by atoms with Crippen LogP contribution >= 0.6 is 0 Å². The summed E-state index contributed by atoms with van der Waals surface area (Å²) in [4.78, 5) is 12.1. The van der Waals surface area contributed by atoms with Crippen molar-refractivity contribution in [3.63, 3.8) is 0 Å². The van der Waals surface area contributed by atoms with Crippen LogP contribution in [0.1, 0.15) is 53.1 Å². The minimum atomic E-state index is -0.233. The maximum atomic E-state index is 12.1. The lowest BCUT2D eigenvalue weighted by atomic mass is 9.87. The van der Waals surface area contributed by atoms with Gasteiger partial charge in [-0.25, -0.2) is 4.79 Å². The highest BCUT2D eigenvalue weighted by atomic mass is 16.4. The van der Waals surface area contributed by atoms with Crippen molar-refractivity contribution in [2.45, 2.75) is 51.1 Å². The summed E-state index contributed by atoms with van der Waals surface area (Å²) in [5.41, 5.74) is 7.35. The van der Waals surface area contributed by atoms with E-state index in [2.05, 4.69) is 41.7 Å². The molecule has 5 rings (SSSR count). The van der Waals surface area contributed by atoms with E-state index in [9.17, 15) is 4.79 Å². The number of rotatable bonds is 3. The Morgan fingerprint density at radius 1 is 0.962 bits per heavy atom. The van der Waals surface area contributed by atoms with Crippen LogP contribution in [0.3, 0.4) is 0 Å². The number of aryl methyl sites for hydroxylation is 3. The van der Waals surface area contributed by atoms with Gasteiger partial charge in [0.25, 0.3) is 0 Å². The van der Waals surface area contributed by atoms with Gasteiger partial charge in [0, 0.05) is 29.0 Å². The standard InChI is InChI=1S/C23H23NO2/c25-23-13-18(20-11-16-7-3-8-17(16)12-22(20)26-23)14-24-21-10-4-6-15-5-1-2-9-19(15)21/h1-2,5,9,11-13,21,24H,3-4,6-8,10,14H2/p+1/t21-/m1/s1. The minimum absolute atomic E-state index is 0.233. The molecule has 0 saturated carbocycles. The fourth-order valence-electron chi connectivity index (χ4n) is 4.77. The third-order valence-corrected chi connectivity index (χ3v) is 6.08. The highest BCUT2D eigenvalue weighted by Gasteiger charge is 2.23. The fourth-order valence-corrected chi connectivity index (χ4v) is 4.77. The second-order valence-electron chi connectivity index (χ2n) is 7.70. The summed E-state index contributed by atoms with van der Waals surface area (Å²) < 4.78 is 5.51. The van der Waals surface area contributed by atoms with Crippen molar-refractivity contribution in [2.24, 2.45) is 0 Å². The number of hydrogen-bond donors (Lipinski definition) is 1. The zero-order valence-corrected chi connectivity index (χ0v) is 15.0. The first kappa shape index (κ1) is 15.8. The molecule has 132 valence electrons. The lowest BCUT2D eigenvalue weighted by Crippen LogP contribution is -2.84. The van der Waals surface area contributed by atoms with E-state index in [1.807, 2.05) is 0 Å². The molecule has 3 heteroatoms. The van der Waals surface area contributed by atoms with Crippen LogP contribution in [0.25, 0.3) is 11.0 Å². The Morgan fingerprint density at radius 2 is 1.77 bits per heavy atom. The smallest absolute Gasteiger partial charge is 0.336 e. The molecule has 0 spiro atoms. The quantitative estimate of drug-likeness (QED) is 0.739. The van der Waals surface area contributed by atoms with Gasteiger partial charge in [-0.3, -0.25) is 0 Å². The summed E-state index contributed by atoms with van der Waals surface area (Å²) in [5, 5.41) is 3.52. The van der Waals surface area contributed by atoms with E-state index in [1.165, 1.54) is 47.9 Å². The predicted octanol–water partition coefficient (Wildman–Crippen LogP) is 3.42. The van der Waals surface area contributed by atoms with E-state index < -0.39 is 0 Å². The van der Waals surface area contributed by atoms with Crippen LogP contribution in [-0.4, -0.2) is 0 Å². The number of benzene rings is 2. The molecule has 3 aromatic rings. The fraction of sp³-hybridized carbons (Fsp3) is 0.348. The van der Waals surface area contributed by atoms with E-state index in [4.69, 9.17) is 4.42 Å². The number of fused-ring (bicyclic) bond motifs is 3. The van der Waals surface area contributed by atoms with Crippen molar-refractivity contribution in [3.05, 3.63) is 80.7 Å². The molecule has 1 heterocycles. The van der Waals surface area contributed by atoms with Crippen LogP contribution in [0.15, 0.2) is 51.7 Å². The molecule has 2 N–H and O–H groups in total. The van der Waals surface area contributed by atoms with Crippen molar-refractivity contribution in [3.8, 4) is 0 Å². The van der Waals surface area contributed by atoms with E-state index in [0.717, 1.165) is 35.9 Å². The SMILES string of the molecule is O=c1cc(C[NH2+][C@@H]2CCCc3ccccc32)c2cc3c(cc2o1)CCC3. The molecule has 1 aromatic heterocycles. The van der Waals surface area contributed by atoms with E-state index in [1.54, 1.807) is 6.07 Å². The average molecular weight is 346 g/mol. The van der Waals surface area contributed by atoms with E-state index in [-0.39, 0.29) is 5.63 Å². The Bertz CT molecular complexity index is 1030. The monoisotopic (exact) mass is 346 g/mol. The summed E-state index contributed by atoms with van der Waals surface area (Å²) in [7, 11) is 0. The lowest BCUT2D eigenvalue weighted by Gasteiger charge is -2.23. The molecule has 0 radical (unpaired) electrons. The van der Waals surface area contributed by atoms with Crippen molar-refractivity contribution in [2.75, 3.05) is 0 Å². The Balaban J connectivity index is 1.48. The van der Waals surface area contributed by atoms with Crippen molar-refractivity contribution < 1.29 is 9.73 Å². The summed E-state index contributed by atoms with van der Waals surface area (Å²) in [6, 6.07) is 15.3. The first-order valence-corrected chi connectivity index (χ1v) is 9.77. The van der Waals surface area contributed by atoms with Gasteiger partial charge in [-0.2, -0.15) is 0 Å². The van der Waals surface area contributed by atoms with E-state index in [0.29, 0.717) is 6.04 Å². The Hall–Kier alpha value is -2.39. The van der Waals surface area contributed by atoms with Gasteiger partial charge in [-0.05, 0) is 60.9 Å². The molecule has 1 atom stereocenters. The van der Waals surface area contributed by atoms with E-state index >= 15 is 0 Å². The average Bonchev–Trinajstić information content (AvgIpc) is 3.11. The summed E-state index contributed by atoms with van der Waals surface area (Å²) >= 11 is 0. The predicted molar refractivity (Wildman–Crippen MR) is 102 cm³/mol. The maximum absolute atomic E-state index is 12.1. The highest BCUT2D eigenvalue weighted by Crippen LogP contribution is 2.29. The maximum Gasteiger partial charge on any atom is 0.336 e. The molecule has 0 bridgehead atoms. The normalized spacial score (nSPS) is 18.7. The van der Waals surface area contributed by atoms with Gasteiger partial charge in [0.05, 0.1) is 0 Å². The zero-order valence-electron chi connectivity index (χ0n) is 15.0. The van der Waals surface area contributed by atoms with Crippen LogP contribution in [0.2, 0.25) is 0 Å². The van der Waals surface area contributed by atoms with Gasteiger partial charge in [-0.15, -0.1) is 0 Å². The summed E-state index contributed by atoms with van der Waals surface area (Å²) in [6.45, 7) is 0.819. The summed E-state index contributed by atoms with van der Waals surface area (Å²) in [5.74, 6) is 0. The van der Waals surface area contributed by atoms with Crippen molar-refractivity contribution in [1.82, 2.24) is 0 Å². The van der Waals surface area contributed by atoms with Crippen molar-refractivity contribution >= 4 is 11.0 Å². The van der Waals surface area contributed by atoms with Gasteiger partial charge >= 0.3 is 5.63 Å². The van der Waals surface area contributed by atoms with Gasteiger partial charge in [0.1, 0.15) is 18.2 Å². The van der Waals surface area contributed by atoms with Crippen molar-refractivity contribution in [1.29, 1.82) is 0 Å². The number of quaternary nitrogens is 1. The molecule has 0 saturated heterocycles. The van der Waals surface area contributed by atoms with Crippen LogP contribution < -0.4 is 10.9 Å². The molecule has 0 fully saturated rings. The Labute approximate surface area is 153 Å². The van der Waals surface area contributed by atoms with Crippen LogP contribution in [0.5, 0.6) is 0 Å². The number of hydrogen-bond acceptors (Lipinski definition) is 2. The van der Waals surface area contributed by atoms with Gasteiger partial charge in [0.2, 0.25) is 0 Å². The molecule has 2 aliphatic carbocycles. The first-order chi connectivity index (χ1) is 12.8. The van der Waals surface area contributed by atoms with Crippen LogP contribution in [0, 0.1) is 0 Å². The molecule has 3 nitrogen and oxygen atoms in total. The Morgan fingerprint density at radius 3 is 2.69 bits per heavy atom. The third-order valence-electron chi connectivity index (χ3n) is 6.08. The molecule has 0 aliphatic heterocycles. The van der Waals surface area contributed by atoms with Gasteiger partial charge in [0.15, 0.2) is 0 Å². The van der Waals surface area contributed by atoms with Gasteiger partial charge in [-0.1, -0.05) is 24.3 Å². The first-order valence-electron chi connectivity index (χ1n) is 9.77. The number of nitrogens with two attached hydrogens (primary N) is 1. The highest BCUT2D eigenvalue weighted by molar-refractivity contribution is 5.82. The van der Waals surface area contributed by atoms with Gasteiger partial charge < -0.3 is 9.73 Å². The topological polar surface area (TPSA) is 46.8 Å². The molecule has 2 aromatic carbocycles. The summed E-state index contributed by atoms with van der Waals surface area (Å²) in [6.07, 6.45) is 7.07. The molecule has 0 unspecified atom stereocenters. The Kier molecular flexibility index (Phi) is 3.90. The second-order valence-corrected chi connectivity index (χ2v) is 7.70. The molecular weight excluding hydrogens is 322 g/mol. The van der Waals surface area contributed by atoms with Crippen LogP contribution in [-0.2, 0) is 25.8 Å². The molecule has 2 aliphatic rings. The molecule has 0 amide bonds. The molecular formula is C23H24NO2+.